The Kier molecular flexibility index (Phi) is 2.30. The molecule has 0 spiro atoms. The molecule has 1 aromatic carbocycles. The van der Waals surface area contributed by atoms with Crippen molar-refractivity contribution in [3.63, 3.8) is 0 Å². The molecule has 2 nitrogen and oxygen atoms in total. The van der Waals surface area contributed by atoms with E-state index in [0.717, 1.165) is 11.3 Å². The van der Waals surface area contributed by atoms with E-state index in [1.807, 2.05) is 7.05 Å². The Hall–Kier alpha value is -1.28. The molecule has 1 fully saturated rings. The summed E-state index contributed by atoms with van der Waals surface area (Å²) < 4.78 is 5.98. The predicted octanol–water partition coefficient (Wildman–Crippen LogP) is 3.80. The van der Waals surface area contributed by atoms with E-state index in [2.05, 4.69) is 43.4 Å². The maximum atomic E-state index is 5.98. The van der Waals surface area contributed by atoms with Crippen LogP contribution in [0.25, 0.3) is 11.0 Å². The van der Waals surface area contributed by atoms with Gasteiger partial charge in [-0.3, -0.25) is 0 Å². The molecule has 0 aliphatic heterocycles. The second kappa shape index (κ2) is 3.61. The highest BCUT2D eigenvalue weighted by Gasteiger charge is 2.46. The zero-order valence-electron chi connectivity index (χ0n) is 10.7. The molecule has 1 atom stereocenters. The van der Waals surface area contributed by atoms with Crippen LogP contribution in [0.4, 0.5) is 0 Å². The Morgan fingerprint density at radius 3 is 2.71 bits per heavy atom. The number of furan rings is 1. The Morgan fingerprint density at radius 2 is 2.06 bits per heavy atom. The molecule has 0 bridgehead atoms. The SMILES string of the molecule is CNC(c1cc2cc(C)ccc2o1)C1(C)CC1. The van der Waals surface area contributed by atoms with Gasteiger partial charge in [-0.05, 0) is 50.4 Å². The van der Waals surface area contributed by atoms with Crippen LogP contribution in [0.5, 0.6) is 0 Å². The summed E-state index contributed by atoms with van der Waals surface area (Å²) in [6.07, 6.45) is 2.57. The summed E-state index contributed by atoms with van der Waals surface area (Å²) in [7, 11) is 2.02. The molecular formula is C15H19NO. The lowest BCUT2D eigenvalue weighted by Crippen LogP contribution is -2.23. The molecule has 1 unspecified atom stereocenters. The Balaban J connectivity index is 2.05. The lowest BCUT2D eigenvalue weighted by Gasteiger charge is -2.20. The highest BCUT2D eigenvalue weighted by Crippen LogP contribution is 2.54. The molecule has 1 aromatic heterocycles. The highest BCUT2D eigenvalue weighted by molar-refractivity contribution is 5.78. The van der Waals surface area contributed by atoms with Crippen molar-refractivity contribution in [1.29, 1.82) is 0 Å². The number of nitrogens with one attached hydrogen (secondary N) is 1. The van der Waals surface area contributed by atoms with Gasteiger partial charge in [0, 0.05) is 5.39 Å². The van der Waals surface area contributed by atoms with Gasteiger partial charge in [-0.2, -0.15) is 0 Å². The summed E-state index contributed by atoms with van der Waals surface area (Å²) in [5, 5.41) is 4.62. The lowest BCUT2D eigenvalue weighted by atomic mass is 9.96. The lowest BCUT2D eigenvalue weighted by molar-refractivity contribution is 0.333. The fraction of sp³-hybridized carbons (Fsp3) is 0.467. The first kappa shape index (κ1) is 10.8. The monoisotopic (exact) mass is 229 g/mol. The molecule has 17 heavy (non-hydrogen) atoms. The molecule has 2 aromatic rings. The molecule has 1 heterocycles. The van der Waals surface area contributed by atoms with Gasteiger partial charge in [0.15, 0.2) is 0 Å². The Bertz CT molecular complexity index is 551. The third kappa shape index (κ3) is 1.77. The summed E-state index contributed by atoms with van der Waals surface area (Å²) >= 11 is 0. The number of aryl methyl sites for hydroxylation is 1. The van der Waals surface area contributed by atoms with Crippen LogP contribution in [0, 0.1) is 12.3 Å². The predicted molar refractivity (Wildman–Crippen MR) is 70.1 cm³/mol. The normalized spacial score (nSPS) is 19.5. The van der Waals surface area contributed by atoms with Gasteiger partial charge in [-0.25, -0.2) is 0 Å². The largest absolute Gasteiger partial charge is 0.459 e. The third-order valence-electron chi connectivity index (χ3n) is 4.00. The van der Waals surface area contributed by atoms with E-state index in [9.17, 15) is 0 Å². The molecule has 1 N–H and O–H groups in total. The van der Waals surface area contributed by atoms with Crippen molar-refractivity contribution in [3.05, 3.63) is 35.6 Å². The number of hydrogen-bond acceptors (Lipinski definition) is 2. The molecule has 1 saturated carbocycles. The number of rotatable bonds is 3. The second-order valence-corrected chi connectivity index (χ2v) is 5.57. The summed E-state index contributed by atoms with van der Waals surface area (Å²) in [5.41, 5.74) is 2.66. The first-order valence-corrected chi connectivity index (χ1v) is 6.30. The van der Waals surface area contributed by atoms with Gasteiger partial charge in [-0.1, -0.05) is 18.6 Å². The quantitative estimate of drug-likeness (QED) is 0.866. The number of benzene rings is 1. The van der Waals surface area contributed by atoms with Crippen molar-refractivity contribution < 1.29 is 4.42 Å². The van der Waals surface area contributed by atoms with E-state index >= 15 is 0 Å². The zero-order chi connectivity index (χ0) is 12.0. The summed E-state index contributed by atoms with van der Waals surface area (Å²) in [5.74, 6) is 1.08. The smallest absolute Gasteiger partial charge is 0.134 e. The zero-order valence-corrected chi connectivity index (χ0v) is 10.7. The van der Waals surface area contributed by atoms with Crippen LogP contribution in [0.3, 0.4) is 0 Å². The first-order chi connectivity index (χ1) is 8.12. The van der Waals surface area contributed by atoms with Crippen LogP contribution < -0.4 is 5.32 Å². The van der Waals surface area contributed by atoms with Crippen molar-refractivity contribution in [1.82, 2.24) is 5.32 Å². The van der Waals surface area contributed by atoms with E-state index in [1.54, 1.807) is 0 Å². The topological polar surface area (TPSA) is 25.2 Å². The standard InChI is InChI=1S/C15H19NO/c1-10-4-5-12-11(8-10)9-13(17-12)14(16-3)15(2)6-7-15/h4-5,8-9,14,16H,6-7H2,1-3H3. The van der Waals surface area contributed by atoms with Crippen molar-refractivity contribution >= 4 is 11.0 Å². The van der Waals surface area contributed by atoms with Crippen LogP contribution in [-0.4, -0.2) is 7.05 Å². The summed E-state index contributed by atoms with van der Waals surface area (Å²) in [6.45, 7) is 4.44. The van der Waals surface area contributed by atoms with E-state index in [1.165, 1.54) is 23.8 Å². The maximum absolute atomic E-state index is 5.98. The fourth-order valence-electron chi connectivity index (χ4n) is 2.65. The average Bonchev–Trinajstić information content (AvgIpc) is 2.89. The summed E-state index contributed by atoms with van der Waals surface area (Å²) in [4.78, 5) is 0. The molecule has 1 aliphatic carbocycles. The van der Waals surface area contributed by atoms with Gasteiger partial charge in [0.25, 0.3) is 0 Å². The minimum absolute atomic E-state index is 0.343. The first-order valence-electron chi connectivity index (χ1n) is 6.30. The molecule has 1 aliphatic rings. The third-order valence-corrected chi connectivity index (χ3v) is 4.00. The van der Waals surface area contributed by atoms with Crippen LogP contribution >= 0.6 is 0 Å². The fourth-order valence-corrected chi connectivity index (χ4v) is 2.65. The minimum atomic E-state index is 0.343. The minimum Gasteiger partial charge on any atom is -0.459 e. The van der Waals surface area contributed by atoms with Crippen LogP contribution in [0.2, 0.25) is 0 Å². The Morgan fingerprint density at radius 1 is 1.29 bits per heavy atom. The maximum Gasteiger partial charge on any atom is 0.134 e. The summed E-state index contributed by atoms with van der Waals surface area (Å²) in [6, 6.07) is 8.88. The second-order valence-electron chi connectivity index (χ2n) is 5.57. The molecule has 3 rings (SSSR count). The van der Waals surface area contributed by atoms with Gasteiger partial charge < -0.3 is 9.73 Å². The Labute approximate surface area is 102 Å². The van der Waals surface area contributed by atoms with E-state index < -0.39 is 0 Å². The molecule has 0 amide bonds. The van der Waals surface area contributed by atoms with Crippen LogP contribution in [0.15, 0.2) is 28.7 Å². The van der Waals surface area contributed by atoms with Crippen molar-refractivity contribution in [2.24, 2.45) is 5.41 Å². The van der Waals surface area contributed by atoms with Crippen molar-refractivity contribution in [2.75, 3.05) is 7.05 Å². The van der Waals surface area contributed by atoms with E-state index in [0.29, 0.717) is 11.5 Å². The van der Waals surface area contributed by atoms with Crippen molar-refractivity contribution in [3.8, 4) is 0 Å². The van der Waals surface area contributed by atoms with E-state index in [4.69, 9.17) is 4.42 Å². The number of hydrogen-bond donors (Lipinski definition) is 1. The number of fused-ring (bicyclic) bond motifs is 1. The molecule has 90 valence electrons. The highest BCUT2D eigenvalue weighted by atomic mass is 16.3. The van der Waals surface area contributed by atoms with E-state index in [-0.39, 0.29) is 0 Å². The van der Waals surface area contributed by atoms with Crippen LogP contribution in [-0.2, 0) is 0 Å². The van der Waals surface area contributed by atoms with Gasteiger partial charge >= 0.3 is 0 Å². The van der Waals surface area contributed by atoms with Crippen molar-refractivity contribution in [2.45, 2.75) is 32.7 Å². The van der Waals surface area contributed by atoms with Gasteiger partial charge in [-0.15, -0.1) is 0 Å². The molecular weight excluding hydrogens is 210 g/mol. The average molecular weight is 229 g/mol. The van der Waals surface area contributed by atoms with Gasteiger partial charge in [0.1, 0.15) is 11.3 Å². The van der Waals surface area contributed by atoms with Gasteiger partial charge in [0.05, 0.1) is 6.04 Å². The molecule has 0 radical (unpaired) electrons. The molecule has 2 heteroatoms. The van der Waals surface area contributed by atoms with Crippen LogP contribution in [0.1, 0.15) is 37.1 Å². The van der Waals surface area contributed by atoms with Gasteiger partial charge in [0.2, 0.25) is 0 Å². The molecule has 0 saturated heterocycles.